The minimum atomic E-state index is -0.153. The van der Waals surface area contributed by atoms with Gasteiger partial charge in [-0.05, 0) is 30.0 Å². The third-order valence-electron chi connectivity index (χ3n) is 5.27. The van der Waals surface area contributed by atoms with Gasteiger partial charge in [-0.3, -0.25) is 0 Å². The molecule has 28 heavy (non-hydrogen) atoms. The van der Waals surface area contributed by atoms with Gasteiger partial charge in [-0.15, -0.1) is 5.10 Å². The smallest absolute Gasteiger partial charge is 0.337 e. The Morgan fingerprint density at radius 1 is 1.00 bits per heavy atom. The standard InChI is InChI=1S/C22H21N5O/c1-16-13-20-24-26(14-17-7-3-2-4-8-17)22(28)27(20)21(23-16)25-12-11-18-9-5-6-10-19(18)15-25/h2-10,13H,11-12,14-15H2,1H3. The van der Waals surface area contributed by atoms with Gasteiger partial charge in [-0.1, -0.05) is 54.6 Å². The van der Waals surface area contributed by atoms with Crippen molar-refractivity contribution in [1.82, 2.24) is 19.2 Å². The molecule has 1 aliphatic rings. The SMILES string of the molecule is Cc1cc2nn(Cc3ccccc3)c(=O)n2c(N2CCc3ccccc3C2)n1. The Bertz CT molecular complexity index is 1210. The predicted octanol–water partition coefficient (Wildman–Crippen LogP) is 2.81. The highest BCUT2D eigenvalue weighted by Crippen LogP contribution is 2.23. The number of benzene rings is 2. The molecule has 6 nitrogen and oxygen atoms in total. The summed E-state index contributed by atoms with van der Waals surface area (Å²) in [7, 11) is 0. The van der Waals surface area contributed by atoms with Crippen molar-refractivity contribution in [2.24, 2.45) is 0 Å². The molecule has 0 atom stereocenters. The summed E-state index contributed by atoms with van der Waals surface area (Å²) in [6, 6.07) is 20.2. The fourth-order valence-electron chi connectivity index (χ4n) is 3.87. The van der Waals surface area contributed by atoms with Crippen LogP contribution >= 0.6 is 0 Å². The van der Waals surface area contributed by atoms with E-state index >= 15 is 0 Å². The lowest BCUT2D eigenvalue weighted by Crippen LogP contribution is -2.35. The zero-order chi connectivity index (χ0) is 19.1. The number of aryl methyl sites for hydroxylation is 1. The Morgan fingerprint density at radius 3 is 2.57 bits per heavy atom. The second-order valence-corrected chi connectivity index (χ2v) is 7.26. The molecule has 0 aliphatic carbocycles. The van der Waals surface area contributed by atoms with Gasteiger partial charge in [-0.2, -0.15) is 0 Å². The highest BCUT2D eigenvalue weighted by Gasteiger charge is 2.22. The van der Waals surface area contributed by atoms with Crippen LogP contribution in [0.3, 0.4) is 0 Å². The summed E-state index contributed by atoms with van der Waals surface area (Å²) >= 11 is 0. The second-order valence-electron chi connectivity index (χ2n) is 7.26. The predicted molar refractivity (Wildman–Crippen MR) is 109 cm³/mol. The van der Waals surface area contributed by atoms with E-state index in [0.717, 1.165) is 30.8 Å². The highest BCUT2D eigenvalue weighted by atomic mass is 16.2. The first-order valence-electron chi connectivity index (χ1n) is 9.52. The molecule has 2 aromatic carbocycles. The van der Waals surface area contributed by atoms with Crippen molar-refractivity contribution in [2.45, 2.75) is 26.4 Å². The van der Waals surface area contributed by atoms with Gasteiger partial charge in [-0.25, -0.2) is 18.9 Å². The zero-order valence-corrected chi connectivity index (χ0v) is 15.7. The maximum atomic E-state index is 13.1. The molecule has 5 rings (SSSR count). The van der Waals surface area contributed by atoms with E-state index in [2.05, 4.69) is 34.3 Å². The molecule has 0 bridgehead atoms. The molecule has 1 aliphatic heterocycles. The molecule has 0 amide bonds. The lowest BCUT2D eigenvalue weighted by molar-refractivity contribution is 0.650. The van der Waals surface area contributed by atoms with Crippen molar-refractivity contribution in [1.29, 1.82) is 0 Å². The summed E-state index contributed by atoms with van der Waals surface area (Å²) in [5.74, 6) is 0.675. The van der Waals surface area contributed by atoms with Crippen LogP contribution in [0.5, 0.6) is 0 Å². The lowest BCUT2D eigenvalue weighted by Gasteiger charge is -2.29. The van der Waals surface area contributed by atoms with Gasteiger partial charge in [0.25, 0.3) is 0 Å². The minimum Gasteiger partial charge on any atom is -0.337 e. The van der Waals surface area contributed by atoms with Crippen LogP contribution in [0, 0.1) is 6.92 Å². The van der Waals surface area contributed by atoms with Crippen LogP contribution in [0.15, 0.2) is 65.5 Å². The van der Waals surface area contributed by atoms with E-state index in [4.69, 9.17) is 4.98 Å². The van der Waals surface area contributed by atoms with Crippen LogP contribution in [0.4, 0.5) is 5.95 Å². The summed E-state index contributed by atoms with van der Waals surface area (Å²) in [4.78, 5) is 20.0. The molecule has 0 spiro atoms. The molecule has 2 aromatic heterocycles. The molecule has 3 heterocycles. The fourth-order valence-corrected chi connectivity index (χ4v) is 3.87. The molecule has 0 radical (unpaired) electrons. The molecule has 0 unspecified atom stereocenters. The average Bonchev–Trinajstić information content (AvgIpc) is 3.03. The molecule has 0 fully saturated rings. The maximum absolute atomic E-state index is 13.1. The Labute approximate surface area is 162 Å². The number of hydrogen-bond acceptors (Lipinski definition) is 4. The fraction of sp³-hybridized carbons (Fsp3) is 0.227. The number of aromatic nitrogens is 4. The van der Waals surface area contributed by atoms with Crippen molar-refractivity contribution < 1.29 is 0 Å². The molecule has 6 heteroatoms. The van der Waals surface area contributed by atoms with Gasteiger partial charge in [0.05, 0.1) is 6.54 Å². The van der Waals surface area contributed by atoms with Gasteiger partial charge < -0.3 is 4.90 Å². The van der Waals surface area contributed by atoms with Crippen LogP contribution in [-0.4, -0.2) is 25.7 Å². The Morgan fingerprint density at radius 2 is 1.75 bits per heavy atom. The minimum absolute atomic E-state index is 0.153. The van der Waals surface area contributed by atoms with Crippen molar-refractivity contribution in [3.63, 3.8) is 0 Å². The number of nitrogens with zero attached hydrogens (tertiary/aromatic N) is 5. The summed E-state index contributed by atoms with van der Waals surface area (Å²) in [6.07, 6.45) is 0.945. The van der Waals surface area contributed by atoms with Crippen LogP contribution in [0.25, 0.3) is 5.65 Å². The third-order valence-corrected chi connectivity index (χ3v) is 5.27. The normalized spacial score (nSPS) is 13.7. The van der Waals surface area contributed by atoms with Gasteiger partial charge in [0.1, 0.15) is 0 Å². The first kappa shape index (κ1) is 16.7. The molecular formula is C22H21N5O. The summed E-state index contributed by atoms with van der Waals surface area (Å²) < 4.78 is 3.16. The van der Waals surface area contributed by atoms with Crippen molar-refractivity contribution in [3.05, 3.63) is 93.5 Å². The largest absolute Gasteiger partial charge is 0.353 e. The molecule has 140 valence electrons. The Kier molecular flexibility index (Phi) is 3.97. The topological polar surface area (TPSA) is 55.4 Å². The first-order valence-corrected chi connectivity index (χ1v) is 9.52. The van der Waals surface area contributed by atoms with E-state index in [1.165, 1.54) is 15.8 Å². The summed E-state index contributed by atoms with van der Waals surface area (Å²) in [6.45, 7) is 3.97. The monoisotopic (exact) mass is 371 g/mol. The lowest BCUT2D eigenvalue weighted by atomic mass is 10.0. The number of anilines is 1. The van der Waals surface area contributed by atoms with Crippen LogP contribution in [0.2, 0.25) is 0 Å². The average molecular weight is 371 g/mol. The number of rotatable bonds is 3. The van der Waals surface area contributed by atoms with Crippen LogP contribution in [0.1, 0.15) is 22.4 Å². The van der Waals surface area contributed by atoms with E-state index < -0.39 is 0 Å². The van der Waals surface area contributed by atoms with Crippen LogP contribution < -0.4 is 10.6 Å². The van der Waals surface area contributed by atoms with E-state index in [0.29, 0.717) is 18.1 Å². The summed E-state index contributed by atoms with van der Waals surface area (Å²) in [5.41, 5.74) is 5.05. The molecule has 0 N–H and O–H groups in total. The van der Waals surface area contributed by atoms with Gasteiger partial charge >= 0.3 is 5.69 Å². The van der Waals surface area contributed by atoms with Gasteiger partial charge in [0, 0.05) is 24.8 Å². The van der Waals surface area contributed by atoms with Gasteiger partial charge in [0.15, 0.2) is 5.65 Å². The van der Waals surface area contributed by atoms with E-state index in [-0.39, 0.29) is 5.69 Å². The van der Waals surface area contributed by atoms with E-state index in [1.54, 1.807) is 4.40 Å². The maximum Gasteiger partial charge on any atom is 0.353 e. The quantitative estimate of drug-likeness (QED) is 0.556. The number of fused-ring (bicyclic) bond motifs is 2. The molecular weight excluding hydrogens is 350 g/mol. The van der Waals surface area contributed by atoms with E-state index in [1.807, 2.05) is 43.3 Å². The van der Waals surface area contributed by atoms with Crippen molar-refractivity contribution in [3.8, 4) is 0 Å². The number of hydrogen-bond donors (Lipinski definition) is 0. The molecule has 4 aromatic rings. The third kappa shape index (κ3) is 2.87. The first-order chi connectivity index (χ1) is 13.7. The zero-order valence-electron chi connectivity index (χ0n) is 15.7. The molecule has 0 saturated carbocycles. The van der Waals surface area contributed by atoms with Gasteiger partial charge in [0.2, 0.25) is 5.95 Å². The van der Waals surface area contributed by atoms with E-state index in [9.17, 15) is 4.79 Å². The second kappa shape index (κ2) is 6.64. The molecule has 0 saturated heterocycles. The summed E-state index contributed by atoms with van der Waals surface area (Å²) in [5, 5.41) is 4.57. The Balaban J connectivity index is 1.59. The van der Waals surface area contributed by atoms with Crippen molar-refractivity contribution >= 4 is 11.6 Å². The Hall–Kier alpha value is -3.41. The highest BCUT2D eigenvalue weighted by molar-refractivity contribution is 5.49. The van der Waals surface area contributed by atoms with Crippen molar-refractivity contribution in [2.75, 3.05) is 11.4 Å². The van der Waals surface area contributed by atoms with Crippen LogP contribution in [-0.2, 0) is 19.5 Å².